The molecule has 0 bridgehead atoms. The van der Waals surface area contributed by atoms with Crippen molar-refractivity contribution in [1.29, 1.82) is 0 Å². The smallest absolute Gasteiger partial charge is 0.254 e. The van der Waals surface area contributed by atoms with Crippen molar-refractivity contribution in [3.63, 3.8) is 0 Å². The summed E-state index contributed by atoms with van der Waals surface area (Å²) in [7, 11) is 1.58. The average Bonchev–Trinajstić information content (AvgIpc) is 2.68. The first-order valence-electron chi connectivity index (χ1n) is 8.73. The van der Waals surface area contributed by atoms with E-state index in [1.165, 1.54) is 0 Å². The molecule has 0 saturated carbocycles. The second kappa shape index (κ2) is 8.32. The Balaban J connectivity index is 1.66. The maximum absolute atomic E-state index is 12.8. The molecule has 0 radical (unpaired) electrons. The Bertz CT molecular complexity index is 773. The number of carbonyl (C=O) groups excluding carboxylic acids is 1. The molecule has 5 nitrogen and oxygen atoms in total. The summed E-state index contributed by atoms with van der Waals surface area (Å²) < 4.78 is 10.9. The van der Waals surface area contributed by atoms with Crippen LogP contribution in [0.4, 0.5) is 5.69 Å². The number of hydrogen-bond donors (Lipinski definition) is 0. The number of carbonyl (C=O) groups is 1. The number of nitrogens with zero attached hydrogens (tertiary/aromatic N) is 2. The summed E-state index contributed by atoms with van der Waals surface area (Å²) >= 11 is 6.07. The third-order valence-electron chi connectivity index (χ3n) is 4.45. The van der Waals surface area contributed by atoms with Gasteiger partial charge in [-0.1, -0.05) is 17.7 Å². The fourth-order valence-corrected chi connectivity index (χ4v) is 3.28. The molecule has 0 N–H and O–H groups in total. The molecule has 0 unspecified atom stereocenters. The second-order valence-corrected chi connectivity index (χ2v) is 6.49. The molecule has 1 fully saturated rings. The number of benzene rings is 2. The third-order valence-corrected chi connectivity index (χ3v) is 4.69. The second-order valence-electron chi connectivity index (χ2n) is 6.06. The highest BCUT2D eigenvalue weighted by Gasteiger charge is 2.23. The molecular formula is C20H23ClN2O3. The van der Waals surface area contributed by atoms with E-state index in [4.69, 9.17) is 21.1 Å². The van der Waals surface area contributed by atoms with Crippen LogP contribution in [0.25, 0.3) is 0 Å². The summed E-state index contributed by atoms with van der Waals surface area (Å²) in [5.41, 5.74) is 1.70. The van der Waals surface area contributed by atoms with Gasteiger partial charge < -0.3 is 19.3 Å². The van der Waals surface area contributed by atoms with Gasteiger partial charge in [-0.05, 0) is 43.3 Å². The maximum Gasteiger partial charge on any atom is 0.254 e. The Hall–Kier alpha value is -2.40. The molecule has 1 aliphatic heterocycles. The van der Waals surface area contributed by atoms with Gasteiger partial charge in [-0.25, -0.2) is 0 Å². The van der Waals surface area contributed by atoms with Crippen molar-refractivity contribution in [2.75, 3.05) is 44.8 Å². The molecule has 1 heterocycles. The van der Waals surface area contributed by atoms with E-state index in [-0.39, 0.29) is 5.91 Å². The van der Waals surface area contributed by atoms with Crippen LogP contribution in [-0.4, -0.2) is 50.7 Å². The van der Waals surface area contributed by atoms with E-state index in [0.717, 1.165) is 23.8 Å². The van der Waals surface area contributed by atoms with E-state index in [9.17, 15) is 4.79 Å². The topological polar surface area (TPSA) is 42.0 Å². The maximum atomic E-state index is 12.8. The molecule has 2 aromatic carbocycles. The van der Waals surface area contributed by atoms with Gasteiger partial charge in [0.25, 0.3) is 5.91 Å². The van der Waals surface area contributed by atoms with Crippen molar-refractivity contribution in [3.8, 4) is 11.5 Å². The Morgan fingerprint density at radius 3 is 2.50 bits per heavy atom. The predicted molar refractivity (Wildman–Crippen MR) is 104 cm³/mol. The monoisotopic (exact) mass is 374 g/mol. The van der Waals surface area contributed by atoms with Gasteiger partial charge in [-0.15, -0.1) is 0 Å². The summed E-state index contributed by atoms with van der Waals surface area (Å²) in [5.74, 6) is 1.24. The van der Waals surface area contributed by atoms with E-state index in [0.29, 0.717) is 36.8 Å². The number of hydrogen-bond acceptors (Lipinski definition) is 4. The molecule has 0 aliphatic carbocycles. The molecule has 138 valence electrons. The summed E-state index contributed by atoms with van der Waals surface area (Å²) in [6.45, 7) is 5.36. The number of amides is 1. The van der Waals surface area contributed by atoms with Crippen molar-refractivity contribution in [3.05, 3.63) is 53.1 Å². The van der Waals surface area contributed by atoms with Gasteiger partial charge >= 0.3 is 0 Å². The number of halogens is 1. The summed E-state index contributed by atoms with van der Waals surface area (Å²) in [6.07, 6.45) is 0. The lowest BCUT2D eigenvalue weighted by Gasteiger charge is -2.36. The number of anilines is 1. The number of piperazine rings is 1. The lowest BCUT2D eigenvalue weighted by molar-refractivity contribution is 0.0746. The molecule has 2 aromatic rings. The normalized spacial score (nSPS) is 14.3. The minimum Gasteiger partial charge on any atom is -0.493 e. The quantitative estimate of drug-likeness (QED) is 0.800. The van der Waals surface area contributed by atoms with Gasteiger partial charge in [-0.2, -0.15) is 0 Å². The largest absolute Gasteiger partial charge is 0.493 e. The van der Waals surface area contributed by atoms with Gasteiger partial charge in [0.2, 0.25) is 0 Å². The summed E-state index contributed by atoms with van der Waals surface area (Å²) in [6, 6.07) is 13.1. The van der Waals surface area contributed by atoms with Crippen LogP contribution in [0, 0.1) is 0 Å². The highest BCUT2D eigenvalue weighted by atomic mass is 35.5. The van der Waals surface area contributed by atoms with Crippen molar-refractivity contribution < 1.29 is 14.3 Å². The van der Waals surface area contributed by atoms with Gasteiger partial charge in [-0.3, -0.25) is 4.79 Å². The van der Waals surface area contributed by atoms with Crippen LogP contribution < -0.4 is 14.4 Å². The first-order valence-corrected chi connectivity index (χ1v) is 9.10. The zero-order valence-corrected chi connectivity index (χ0v) is 15.8. The molecule has 1 saturated heterocycles. The van der Waals surface area contributed by atoms with E-state index in [2.05, 4.69) is 4.90 Å². The fourth-order valence-electron chi connectivity index (χ4n) is 3.10. The molecule has 0 atom stereocenters. The van der Waals surface area contributed by atoms with Crippen LogP contribution in [0.15, 0.2) is 42.5 Å². The zero-order chi connectivity index (χ0) is 18.5. The van der Waals surface area contributed by atoms with Gasteiger partial charge in [0.1, 0.15) is 0 Å². The van der Waals surface area contributed by atoms with Crippen LogP contribution in [0.2, 0.25) is 5.02 Å². The molecule has 1 aliphatic rings. The van der Waals surface area contributed by atoms with Crippen molar-refractivity contribution in [2.24, 2.45) is 0 Å². The Labute approximate surface area is 159 Å². The number of ether oxygens (including phenoxy) is 2. The van der Waals surface area contributed by atoms with E-state index in [1.807, 2.05) is 36.1 Å². The van der Waals surface area contributed by atoms with Crippen molar-refractivity contribution >= 4 is 23.2 Å². The molecular weight excluding hydrogens is 352 g/mol. The molecule has 0 spiro atoms. The van der Waals surface area contributed by atoms with E-state index < -0.39 is 0 Å². The molecule has 26 heavy (non-hydrogen) atoms. The SMILES string of the molecule is CCOc1ccc(C(=O)N2CCN(c3cccc(Cl)c3)CC2)cc1OC. The Morgan fingerprint density at radius 2 is 1.85 bits per heavy atom. The first-order chi connectivity index (χ1) is 12.6. The number of rotatable bonds is 5. The van der Waals surface area contributed by atoms with Crippen molar-refractivity contribution in [2.45, 2.75) is 6.92 Å². The van der Waals surface area contributed by atoms with Crippen molar-refractivity contribution in [1.82, 2.24) is 4.90 Å². The summed E-state index contributed by atoms with van der Waals surface area (Å²) in [4.78, 5) is 16.9. The minimum absolute atomic E-state index is 0.0112. The predicted octanol–water partition coefficient (Wildman–Crippen LogP) is 3.71. The van der Waals surface area contributed by atoms with Crippen LogP contribution in [0.5, 0.6) is 11.5 Å². The highest BCUT2D eigenvalue weighted by Crippen LogP contribution is 2.29. The van der Waals surface area contributed by atoms with Gasteiger partial charge in [0.05, 0.1) is 13.7 Å². The van der Waals surface area contributed by atoms with Gasteiger partial charge in [0, 0.05) is 42.5 Å². The van der Waals surface area contributed by atoms with Crippen LogP contribution in [-0.2, 0) is 0 Å². The Morgan fingerprint density at radius 1 is 1.08 bits per heavy atom. The van der Waals surface area contributed by atoms with Crippen LogP contribution in [0.1, 0.15) is 17.3 Å². The lowest BCUT2D eigenvalue weighted by atomic mass is 10.1. The lowest BCUT2D eigenvalue weighted by Crippen LogP contribution is -2.48. The van der Waals surface area contributed by atoms with E-state index >= 15 is 0 Å². The van der Waals surface area contributed by atoms with Gasteiger partial charge in [0.15, 0.2) is 11.5 Å². The molecule has 1 amide bonds. The van der Waals surface area contributed by atoms with Crippen LogP contribution in [0.3, 0.4) is 0 Å². The minimum atomic E-state index is 0.0112. The molecule has 6 heteroatoms. The Kier molecular flexibility index (Phi) is 5.89. The molecule has 3 rings (SSSR count). The first kappa shape index (κ1) is 18.4. The number of methoxy groups -OCH3 is 1. The molecule has 0 aromatic heterocycles. The van der Waals surface area contributed by atoms with E-state index in [1.54, 1.807) is 25.3 Å². The zero-order valence-electron chi connectivity index (χ0n) is 15.1. The highest BCUT2D eigenvalue weighted by molar-refractivity contribution is 6.30. The standard InChI is InChI=1S/C20H23ClN2O3/c1-3-26-18-8-7-15(13-19(18)25-2)20(24)23-11-9-22(10-12-23)17-6-4-5-16(21)14-17/h4-8,13-14H,3,9-12H2,1-2H3. The average molecular weight is 375 g/mol. The summed E-state index contributed by atoms with van der Waals surface area (Å²) in [5, 5.41) is 0.725. The fraction of sp³-hybridized carbons (Fsp3) is 0.350. The third kappa shape index (κ3) is 4.05. The van der Waals surface area contributed by atoms with Crippen LogP contribution >= 0.6 is 11.6 Å².